The van der Waals surface area contributed by atoms with E-state index in [1.807, 2.05) is 38.3 Å². The minimum atomic E-state index is -4.08. The molecule has 0 aliphatic rings. The van der Waals surface area contributed by atoms with E-state index in [1.54, 1.807) is 54.6 Å². The standard InChI is InChI=1S/C30H30Cl2N4O4S/c1-5-40-28-10-12-29(13-11-28)41(38,39)35(26-8-6-20(2)7-9-26)19-30(37)34-33-18-23-14-21(3)36(22(23)4)27-16-24(31)15-25(32)17-27/h6-18H,5,19H2,1-4H3,(H,34,37)/b33-18+. The number of hydrazone groups is 1. The van der Waals surface area contributed by atoms with E-state index in [-0.39, 0.29) is 4.90 Å². The van der Waals surface area contributed by atoms with Gasteiger partial charge in [-0.05, 0) is 88.4 Å². The van der Waals surface area contributed by atoms with E-state index in [0.717, 1.165) is 32.5 Å². The van der Waals surface area contributed by atoms with Crippen molar-refractivity contribution in [1.29, 1.82) is 0 Å². The highest BCUT2D eigenvalue weighted by Gasteiger charge is 2.27. The zero-order valence-corrected chi connectivity index (χ0v) is 25.4. The molecule has 0 aliphatic heterocycles. The lowest BCUT2D eigenvalue weighted by Gasteiger charge is -2.24. The summed E-state index contributed by atoms with van der Waals surface area (Å²) < 4.78 is 35.7. The quantitative estimate of drug-likeness (QED) is 0.164. The van der Waals surface area contributed by atoms with Crippen molar-refractivity contribution < 1.29 is 17.9 Å². The number of aryl methyl sites for hydroxylation is 2. The summed E-state index contributed by atoms with van der Waals surface area (Å²) in [5.74, 6) is -0.0509. The summed E-state index contributed by atoms with van der Waals surface area (Å²) in [4.78, 5) is 13.0. The second-order valence-corrected chi connectivity index (χ2v) is 12.1. The second-order valence-electron chi connectivity index (χ2n) is 9.33. The van der Waals surface area contributed by atoms with Crippen molar-refractivity contribution in [3.8, 4) is 11.4 Å². The topological polar surface area (TPSA) is 93.0 Å². The molecule has 0 saturated heterocycles. The highest BCUT2D eigenvalue weighted by Crippen LogP contribution is 2.27. The molecule has 214 valence electrons. The van der Waals surface area contributed by atoms with Gasteiger partial charge in [-0.25, -0.2) is 13.8 Å². The number of hydrogen-bond acceptors (Lipinski definition) is 5. The van der Waals surface area contributed by atoms with Crippen LogP contribution in [0.4, 0.5) is 5.69 Å². The fraction of sp³-hybridized carbons (Fsp3) is 0.200. The molecule has 0 saturated carbocycles. The van der Waals surface area contributed by atoms with Crippen LogP contribution in [0.15, 0.2) is 82.8 Å². The Morgan fingerprint density at radius 1 is 0.976 bits per heavy atom. The number of nitrogens with zero attached hydrogens (tertiary/aromatic N) is 3. The van der Waals surface area contributed by atoms with E-state index in [2.05, 4.69) is 10.5 Å². The third kappa shape index (κ3) is 7.11. The van der Waals surface area contributed by atoms with Gasteiger partial charge >= 0.3 is 0 Å². The number of carbonyl (C=O) groups excluding carboxylic acids is 1. The van der Waals surface area contributed by atoms with Gasteiger partial charge in [-0.3, -0.25) is 9.10 Å². The van der Waals surface area contributed by atoms with E-state index < -0.39 is 22.5 Å². The number of nitrogens with one attached hydrogen (secondary N) is 1. The van der Waals surface area contributed by atoms with Crippen LogP contribution in [0.2, 0.25) is 10.0 Å². The van der Waals surface area contributed by atoms with Crippen LogP contribution in [0.3, 0.4) is 0 Å². The maximum atomic E-state index is 13.6. The molecule has 0 atom stereocenters. The predicted octanol–water partition coefficient (Wildman–Crippen LogP) is 6.45. The highest BCUT2D eigenvalue weighted by molar-refractivity contribution is 7.92. The Morgan fingerprint density at radius 3 is 2.22 bits per heavy atom. The van der Waals surface area contributed by atoms with Gasteiger partial charge in [0.05, 0.1) is 23.4 Å². The number of sulfonamides is 1. The Kier molecular flexibility index (Phi) is 9.42. The van der Waals surface area contributed by atoms with Gasteiger partial charge in [0.25, 0.3) is 15.9 Å². The molecule has 0 fully saturated rings. The van der Waals surface area contributed by atoms with Crippen molar-refractivity contribution >= 4 is 51.0 Å². The zero-order chi connectivity index (χ0) is 29.7. The Labute approximate surface area is 250 Å². The molecule has 0 radical (unpaired) electrons. The van der Waals surface area contributed by atoms with Crippen LogP contribution in [0.5, 0.6) is 5.75 Å². The fourth-order valence-corrected chi connectivity index (χ4v) is 6.29. The highest BCUT2D eigenvalue weighted by atomic mass is 35.5. The summed E-state index contributed by atoms with van der Waals surface area (Å²) in [7, 11) is -4.08. The molecule has 1 N–H and O–H groups in total. The first-order valence-corrected chi connectivity index (χ1v) is 15.0. The van der Waals surface area contributed by atoms with Crippen LogP contribution in [-0.4, -0.2) is 38.3 Å². The van der Waals surface area contributed by atoms with E-state index in [0.29, 0.717) is 28.1 Å². The van der Waals surface area contributed by atoms with Gasteiger partial charge in [0, 0.05) is 32.7 Å². The van der Waals surface area contributed by atoms with Gasteiger partial charge in [-0.15, -0.1) is 0 Å². The average Bonchev–Trinajstić information content (AvgIpc) is 3.20. The molecular formula is C30H30Cl2N4O4S. The third-order valence-corrected chi connectivity index (χ3v) is 8.53. The lowest BCUT2D eigenvalue weighted by molar-refractivity contribution is -0.119. The van der Waals surface area contributed by atoms with Crippen molar-refractivity contribution in [2.45, 2.75) is 32.6 Å². The summed E-state index contributed by atoms with van der Waals surface area (Å²) in [6.45, 7) is 7.57. The third-order valence-electron chi connectivity index (χ3n) is 6.30. The number of rotatable bonds is 10. The summed E-state index contributed by atoms with van der Waals surface area (Å²) in [5, 5.41) is 5.13. The van der Waals surface area contributed by atoms with Crippen molar-refractivity contribution in [3.05, 3.63) is 105 Å². The summed E-state index contributed by atoms with van der Waals surface area (Å²) in [6.07, 6.45) is 1.51. The number of halogens is 2. The number of aromatic nitrogens is 1. The fourth-order valence-electron chi connectivity index (χ4n) is 4.35. The molecule has 0 aliphatic carbocycles. The number of ether oxygens (including phenoxy) is 1. The minimum Gasteiger partial charge on any atom is -0.494 e. The minimum absolute atomic E-state index is 0.0337. The second kappa shape index (κ2) is 12.8. The van der Waals surface area contributed by atoms with Crippen molar-refractivity contribution in [2.75, 3.05) is 17.5 Å². The molecule has 1 aromatic heterocycles. The van der Waals surface area contributed by atoms with Crippen LogP contribution in [0.25, 0.3) is 5.69 Å². The number of amides is 1. The molecule has 4 rings (SSSR count). The van der Waals surface area contributed by atoms with Gasteiger partial charge < -0.3 is 9.30 Å². The molecule has 8 nitrogen and oxygen atoms in total. The molecule has 11 heteroatoms. The van der Waals surface area contributed by atoms with E-state index in [4.69, 9.17) is 27.9 Å². The van der Waals surface area contributed by atoms with Gasteiger partial charge in [-0.1, -0.05) is 40.9 Å². The predicted molar refractivity (Wildman–Crippen MR) is 164 cm³/mol. The normalized spacial score (nSPS) is 11.6. The summed E-state index contributed by atoms with van der Waals surface area (Å²) in [5.41, 5.74) is 7.11. The Hall–Kier alpha value is -3.79. The smallest absolute Gasteiger partial charge is 0.264 e. The summed E-state index contributed by atoms with van der Waals surface area (Å²) >= 11 is 12.4. The first-order valence-electron chi connectivity index (χ1n) is 12.8. The Bertz CT molecular complexity index is 1660. The SMILES string of the molecule is CCOc1ccc(S(=O)(=O)N(CC(=O)N/N=C/c2cc(C)n(-c3cc(Cl)cc(Cl)c3)c2C)c2ccc(C)cc2)cc1. The van der Waals surface area contributed by atoms with Gasteiger partial charge in [-0.2, -0.15) is 5.10 Å². The van der Waals surface area contributed by atoms with E-state index in [1.165, 1.54) is 18.3 Å². The number of anilines is 1. The zero-order valence-electron chi connectivity index (χ0n) is 23.1. The first kappa shape index (κ1) is 30.2. The molecule has 0 spiro atoms. The molecule has 0 bridgehead atoms. The molecular weight excluding hydrogens is 583 g/mol. The Morgan fingerprint density at radius 2 is 1.61 bits per heavy atom. The Balaban J connectivity index is 1.55. The summed E-state index contributed by atoms with van der Waals surface area (Å²) in [6, 6.07) is 20.2. The van der Waals surface area contributed by atoms with Gasteiger partial charge in [0.1, 0.15) is 12.3 Å². The van der Waals surface area contributed by atoms with Gasteiger partial charge in [0.2, 0.25) is 0 Å². The number of hydrogen-bond donors (Lipinski definition) is 1. The van der Waals surface area contributed by atoms with Crippen LogP contribution >= 0.6 is 23.2 Å². The monoisotopic (exact) mass is 612 g/mol. The average molecular weight is 614 g/mol. The first-order chi connectivity index (χ1) is 19.5. The molecule has 1 amide bonds. The lowest BCUT2D eigenvalue weighted by atomic mass is 10.2. The number of benzene rings is 3. The molecule has 0 unspecified atom stereocenters. The van der Waals surface area contributed by atoms with Crippen molar-refractivity contribution in [2.24, 2.45) is 5.10 Å². The van der Waals surface area contributed by atoms with E-state index >= 15 is 0 Å². The van der Waals surface area contributed by atoms with Crippen molar-refractivity contribution in [3.63, 3.8) is 0 Å². The molecule has 1 heterocycles. The largest absolute Gasteiger partial charge is 0.494 e. The van der Waals surface area contributed by atoms with Crippen LogP contribution in [-0.2, 0) is 14.8 Å². The van der Waals surface area contributed by atoms with Crippen LogP contribution in [0.1, 0.15) is 29.4 Å². The maximum absolute atomic E-state index is 13.6. The molecule has 41 heavy (non-hydrogen) atoms. The molecule has 4 aromatic rings. The molecule has 3 aromatic carbocycles. The van der Waals surface area contributed by atoms with Crippen molar-refractivity contribution in [1.82, 2.24) is 9.99 Å². The maximum Gasteiger partial charge on any atom is 0.264 e. The van der Waals surface area contributed by atoms with Crippen LogP contribution < -0.4 is 14.5 Å². The van der Waals surface area contributed by atoms with Gasteiger partial charge in [0.15, 0.2) is 0 Å². The van der Waals surface area contributed by atoms with E-state index in [9.17, 15) is 13.2 Å². The van der Waals surface area contributed by atoms with Crippen LogP contribution in [0, 0.1) is 20.8 Å². The lowest BCUT2D eigenvalue weighted by Crippen LogP contribution is -2.39. The number of carbonyl (C=O) groups is 1.